The number of carbonyl (C=O) groups is 1. The van der Waals surface area contributed by atoms with Gasteiger partial charge in [-0.25, -0.2) is 0 Å². The summed E-state index contributed by atoms with van der Waals surface area (Å²) in [5.74, 6) is 1.03. The van der Waals surface area contributed by atoms with Crippen LogP contribution in [0.5, 0.6) is 0 Å². The minimum absolute atomic E-state index is 0. The standard InChI is InChI=1S/C12H21NO2.ClH/c1-4-15-11(14)8-5-7-6-9(10(8)13)12(7,2)3;/h7-10H,4-6,13H2,1-3H3;1H/t7-,8-,9-,10-;/m0./s1. The number of hydrogen-bond acceptors (Lipinski definition) is 3. The molecule has 3 saturated carbocycles. The highest BCUT2D eigenvalue weighted by Gasteiger charge is 2.58. The van der Waals surface area contributed by atoms with Crippen LogP contribution >= 0.6 is 12.4 Å². The van der Waals surface area contributed by atoms with Gasteiger partial charge in [0.15, 0.2) is 0 Å². The summed E-state index contributed by atoms with van der Waals surface area (Å²) >= 11 is 0. The summed E-state index contributed by atoms with van der Waals surface area (Å²) in [5, 5.41) is 0. The second-order valence-corrected chi connectivity index (χ2v) is 5.53. The van der Waals surface area contributed by atoms with Crippen molar-refractivity contribution in [3.8, 4) is 0 Å². The normalized spacial score (nSPS) is 39.2. The van der Waals surface area contributed by atoms with Gasteiger partial charge in [-0.1, -0.05) is 13.8 Å². The van der Waals surface area contributed by atoms with Crippen LogP contribution in [-0.4, -0.2) is 18.6 Å². The number of carbonyl (C=O) groups excluding carboxylic acids is 1. The zero-order chi connectivity index (χ0) is 11.2. The number of fused-ring (bicyclic) bond motifs is 2. The van der Waals surface area contributed by atoms with Crippen LogP contribution < -0.4 is 5.73 Å². The summed E-state index contributed by atoms with van der Waals surface area (Å²) in [5.41, 5.74) is 6.50. The first kappa shape index (κ1) is 13.8. The van der Waals surface area contributed by atoms with Gasteiger partial charge in [0.2, 0.25) is 0 Å². The van der Waals surface area contributed by atoms with Gasteiger partial charge in [-0.2, -0.15) is 0 Å². The summed E-state index contributed by atoms with van der Waals surface area (Å²) in [4.78, 5) is 11.7. The molecule has 3 aliphatic carbocycles. The van der Waals surface area contributed by atoms with Gasteiger partial charge in [-0.3, -0.25) is 4.79 Å². The Morgan fingerprint density at radius 1 is 1.44 bits per heavy atom. The second kappa shape index (κ2) is 4.53. The van der Waals surface area contributed by atoms with Gasteiger partial charge in [0.25, 0.3) is 0 Å². The maximum absolute atomic E-state index is 11.7. The molecule has 4 atom stereocenters. The van der Waals surface area contributed by atoms with Gasteiger partial charge in [-0.15, -0.1) is 12.4 Å². The predicted molar refractivity (Wildman–Crippen MR) is 65.3 cm³/mol. The highest BCUT2D eigenvalue weighted by atomic mass is 35.5. The number of rotatable bonds is 2. The van der Waals surface area contributed by atoms with E-state index < -0.39 is 0 Å². The Bertz CT molecular complexity index is 280. The molecule has 0 radical (unpaired) electrons. The SMILES string of the molecule is CCOC(=O)[C@H]1C[C@H]2C[C@@H]([C@H]1N)C2(C)C.Cl. The second-order valence-electron chi connectivity index (χ2n) is 5.53. The van der Waals surface area contributed by atoms with Crippen LogP contribution in [0, 0.1) is 23.2 Å². The molecule has 0 aromatic carbocycles. The van der Waals surface area contributed by atoms with Crippen molar-refractivity contribution >= 4 is 18.4 Å². The molecule has 0 amide bonds. The summed E-state index contributed by atoms with van der Waals surface area (Å²) in [6, 6.07) is 0.00375. The van der Waals surface area contributed by atoms with Crippen molar-refractivity contribution in [2.24, 2.45) is 28.9 Å². The van der Waals surface area contributed by atoms with Crippen molar-refractivity contribution < 1.29 is 9.53 Å². The Morgan fingerprint density at radius 3 is 2.50 bits per heavy atom. The van der Waals surface area contributed by atoms with Crippen molar-refractivity contribution in [1.29, 1.82) is 0 Å². The van der Waals surface area contributed by atoms with Crippen LogP contribution in [0.4, 0.5) is 0 Å². The molecule has 0 heterocycles. The van der Waals surface area contributed by atoms with E-state index in [1.54, 1.807) is 0 Å². The minimum Gasteiger partial charge on any atom is -0.466 e. The Balaban J connectivity index is 0.00000128. The maximum Gasteiger partial charge on any atom is 0.310 e. The summed E-state index contributed by atoms with van der Waals surface area (Å²) in [6.07, 6.45) is 2.12. The van der Waals surface area contributed by atoms with Gasteiger partial charge >= 0.3 is 5.97 Å². The van der Waals surface area contributed by atoms with Crippen molar-refractivity contribution in [1.82, 2.24) is 0 Å². The zero-order valence-corrected chi connectivity index (χ0v) is 11.0. The maximum atomic E-state index is 11.7. The zero-order valence-electron chi connectivity index (χ0n) is 10.2. The monoisotopic (exact) mass is 247 g/mol. The van der Waals surface area contributed by atoms with E-state index in [-0.39, 0.29) is 30.3 Å². The molecule has 0 aromatic heterocycles. The number of nitrogens with two attached hydrogens (primary N) is 1. The van der Waals surface area contributed by atoms with E-state index >= 15 is 0 Å². The molecule has 3 rings (SSSR count). The topological polar surface area (TPSA) is 52.3 Å². The third-order valence-corrected chi connectivity index (χ3v) is 4.60. The highest BCUT2D eigenvalue weighted by molar-refractivity contribution is 5.85. The number of esters is 1. The molecule has 3 fully saturated rings. The number of ether oxygens (including phenoxy) is 1. The molecule has 4 heteroatoms. The highest BCUT2D eigenvalue weighted by Crippen LogP contribution is 2.60. The minimum atomic E-state index is -0.0878. The first-order valence-corrected chi connectivity index (χ1v) is 5.90. The first-order valence-electron chi connectivity index (χ1n) is 5.90. The van der Waals surface area contributed by atoms with Crippen LogP contribution in [0.2, 0.25) is 0 Å². The molecule has 2 bridgehead atoms. The van der Waals surface area contributed by atoms with Gasteiger partial charge < -0.3 is 10.5 Å². The molecule has 3 aliphatic rings. The smallest absolute Gasteiger partial charge is 0.310 e. The van der Waals surface area contributed by atoms with Crippen LogP contribution in [0.25, 0.3) is 0 Å². The Kier molecular flexibility index (Phi) is 3.91. The lowest BCUT2D eigenvalue weighted by atomic mass is 9.45. The van der Waals surface area contributed by atoms with Gasteiger partial charge in [0.05, 0.1) is 12.5 Å². The molecule has 94 valence electrons. The van der Waals surface area contributed by atoms with E-state index in [9.17, 15) is 4.79 Å². The summed E-state index contributed by atoms with van der Waals surface area (Å²) in [7, 11) is 0. The van der Waals surface area contributed by atoms with Crippen LogP contribution in [0.15, 0.2) is 0 Å². The third kappa shape index (κ3) is 1.84. The predicted octanol–water partition coefficient (Wildman–Crippen LogP) is 1.98. The average molecular weight is 248 g/mol. The van der Waals surface area contributed by atoms with E-state index in [2.05, 4.69) is 13.8 Å². The van der Waals surface area contributed by atoms with Crippen LogP contribution in [0.3, 0.4) is 0 Å². The van der Waals surface area contributed by atoms with Gasteiger partial charge in [-0.05, 0) is 37.0 Å². The van der Waals surface area contributed by atoms with Gasteiger partial charge in [0, 0.05) is 6.04 Å². The van der Waals surface area contributed by atoms with E-state index in [0.717, 1.165) is 6.42 Å². The summed E-state index contributed by atoms with van der Waals surface area (Å²) in [6.45, 7) is 6.85. The Morgan fingerprint density at radius 2 is 2.06 bits per heavy atom. The lowest BCUT2D eigenvalue weighted by molar-refractivity contribution is -0.164. The van der Waals surface area contributed by atoms with Crippen LogP contribution in [-0.2, 0) is 9.53 Å². The molecule has 0 spiro atoms. The largest absolute Gasteiger partial charge is 0.466 e. The first-order chi connectivity index (χ1) is 6.98. The van der Waals surface area contributed by atoms with Crippen molar-refractivity contribution in [3.05, 3.63) is 0 Å². The fraction of sp³-hybridized carbons (Fsp3) is 0.917. The molecular formula is C12H22ClNO2. The Hall–Kier alpha value is -0.280. The van der Waals surface area contributed by atoms with Crippen molar-refractivity contribution in [2.75, 3.05) is 6.61 Å². The quantitative estimate of drug-likeness (QED) is 0.760. The molecular weight excluding hydrogens is 226 g/mol. The molecule has 0 aliphatic heterocycles. The molecule has 2 N–H and O–H groups in total. The lowest BCUT2D eigenvalue weighted by Crippen LogP contribution is -2.62. The molecule has 0 unspecified atom stereocenters. The fourth-order valence-corrected chi connectivity index (χ4v) is 3.36. The van der Waals surface area contributed by atoms with E-state index in [1.807, 2.05) is 6.92 Å². The molecule has 0 aromatic rings. The Labute approximate surface area is 104 Å². The number of halogens is 1. The van der Waals surface area contributed by atoms with Gasteiger partial charge in [0.1, 0.15) is 0 Å². The summed E-state index contributed by atoms with van der Waals surface area (Å²) < 4.78 is 5.07. The van der Waals surface area contributed by atoms with E-state index in [4.69, 9.17) is 10.5 Å². The number of hydrogen-bond donors (Lipinski definition) is 1. The van der Waals surface area contributed by atoms with E-state index in [0.29, 0.717) is 23.9 Å². The third-order valence-electron chi connectivity index (χ3n) is 4.60. The molecule has 0 saturated heterocycles. The van der Waals surface area contributed by atoms with E-state index in [1.165, 1.54) is 6.42 Å². The van der Waals surface area contributed by atoms with Crippen LogP contribution in [0.1, 0.15) is 33.6 Å². The average Bonchev–Trinajstić information content (AvgIpc) is 2.17. The molecule has 3 nitrogen and oxygen atoms in total. The fourth-order valence-electron chi connectivity index (χ4n) is 3.36. The van der Waals surface area contributed by atoms with Crippen molar-refractivity contribution in [2.45, 2.75) is 39.7 Å². The van der Waals surface area contributed by atoms with Crippen molar-refractivity contribution in [3.63, 3.8) is 0 Å². The lowest BCUT2D eigenvalue weighted by Gasteiger charge is -2.61. The molecule has 16 heavy (non-hydrogen) atoms.